The first-order valence-corrected chi connectivity index (χ1v) is 6.56. The zero-order chi connectivity index (χ0) is 14.6. The lowest BCUT2D eigenvalue weighted by Gasteiger charge is -2.07. The topological polar surface area (TPSA) is 33.1 Å². The number of rotatable bonds is 1. The van der Waals surface area contributed by atoms with Gasteiger partial charge in [0.2, 0.25) is 0 Å². The Morgan fingerprint density at radius 2 is 1.79 bits per heavy atom. The fraction of sp³-hybridized carbons (Fsp3) is 0.214. The van der Waals surface area contributed by atoms with Gasteiger partial charge in [0.15, 0.2) is 10.9 Å². The SMILES string of the molecule is CC.Cc1cc(-c2cc(Cl)ccc2F)nc(Cl)c1O. The molecule has 0 fully saturated rings. The van der Waals surface area contributed by atoms with Crippen molar-refractivity contribution in [3.05, 3.63) is 45.8 Å². The highest BCUT2D eigenvalue weighted by atomic mass is 35.5. The molecule has 102 valence electrons. The van der Waals surface area contributed by atoms with Crippen LogP contribution in [0.4, 0.5) is 4.39 Å². The summed E-state index contributed by atoms with van der Waals surface area (Å²) in [4.78, 5) is 3.92. The van der Waals surface area contributed by atoms with Crippen LogP contribution in [0.5, 0.6) is 5.75 Å². The van der Waals surface area contributed by atoms with E-state index in [0.29, 0.717) is 16.3 Å². The van der Waals surface area contributed by atoms with Crippen LogP contribution in [0.1, 0.15) is 19.4 Å². The van der Waals surface area contributed by atoms with Crippen LogP contribution in [0, 0.1) is 12.7 Å². The van der Waals surface area contributed by atoms with Gasteiger partial charge in [-0.3, -0.25) is 0 Å². The summed E-state index contributed by atoms with van der Waals surface area (Å²) < 4.78 is 13.6. The smallest absolute Gasteiger partial charge is 0.171 e. The summed E-state index contributed by atoms with van der Waals surface area (Å²) in [7, 11) is 0. The zero-order valence-electron chi connectivity index (χ0n) is 10.8. The van der Waals surface area contributed by atoms with Crippen molar-refractivity contribution in [2.45, 2.75) is 20.8 Å². The molecule has 2 rings (SSSR count). The number of pyridine rings is 1. The molecular formula is C14H14Cl2FNO. The van der Waals surface area contributed by atoms with Gasteiger partial charge in [-0.25, -0.2) is 9.37 Å². The monoisotopic (exact) mass is 301 g/mol. The van der Waals surface area contributed by atoms with E-state index in [9.17, 15) is 9.50 Å². The third kappa shape index (κ3) is 3.58. The highest BCUT2D eigenvalue weighted by Crippen LogP contribution is 2.31. The maximum absolute atomic E-state index is 13.6. The lowest BCUT2D eigenvalue weighted by Crippen LogP contribution is -1.91. The molecule has 1 aromatic heterocycles. The molecule has 0 aliphatic rings. The molecule has 0 saturated heterocycles. The lowest BCUT2D eigenvalue weighted by atomic mass is 10.1. The van der Waals surface area contributed by atoms with Crippen LogP contribution in [-0.2, 0) is 0 Å². The molecule has 0 atom stereocenters. The van der Waals surface area contributed by atoms with E-state index in [4.69, 9.17) is 23.2 Å². The molecule has 19 heavy (non-hydrogen) atoms. The molecule has 0 unspecified atom stereocenters. The first kappa shape index (κ1) is 15.7. The van der Waals surface area contributed by atoms with Gasteiger partial charge in [0.05, 0.1) is 5.69 Å². The second-order valence-corrected chi connectivity index (χ2v) is 4.38. The van der Waals surface area contributed by atoms with Crippen LogP contribution in [0.15, 0.2) is 24.3 Å². The van der Waals surface area contributed by atoms with E-state index in [1.807, 2.05) is 13.8 Å². The van der Waals surface area contributed by atoms with Crippen LogP contribution in [0.2, 0.25) is 10.2 Å². The summed E-state index contributed by atoms with van der Waals surface area (Å²) in [5, 5.41) is 9.84. The number of aromatic hydroxyl groups is 1. The second kappa shape index (κ2) is 6.73. The molecule has 1 N–H and O–H groups in total. The minimum absolute atomic E-state index is 0.0561. The van der Waals surface area contributed by atoms with Crippen LogP contribution in [-0.4, -0.2) is 10.1 Å². The van der Waals surface area contributed by atoms with Gasteiger partial charge < -0.3 is 5.11 Å². The third-order valence-electron chi connectivity index (χ3n) is 2.35. The quantitative estimate of drug-likeness (QED) is 0.731. The average molecular weight is 302 g/mol. The first-order valence-electron chi connectivity index (χ1n) is 5.80. The van der Waals surface area contributed by atoms with Gasteiger partial charge in [-0.15, -0.1) is 0 Å². The number of halogens is 3. The van der Waals surface area contributed by atoms with E-state index >= 15 is 0 Å². The third-order valence-corrected chi connectivity index (χ3v) is 2.84. The Morgan fingerprint density at radius 3 is 2.37 bits per heavy atom. The number of hydrogen-bond acceptors (Lipinski definition) is 2. The Labute approximate surface area is 121 Å². The molecule has 0 bridgehead atoms. The van der Waals surface area contributed by atoms with Crippen LogP contribution in [0.25, 0.3) is 11.3 Å². The molecule has 2 aromatic rings. The summed E-state index contributed by atoms with van der Waals surface area (Å²) in [6, 6.07) is 5.73. The van der Waals surface area contributed by atoms with Gasteiger partial charge in [-0.2, -0.15) is 0 Å². The number of benzene rings is 1. The Hall–Kier alpha value is -1.32. The number of hydrogen-bond donors (Lipinski definition) is 1. The largest absolute Gasteiger partial charge is 0.505 e. The Balaban J connectivity index is 0.000000861. The lowest BCUT2D eigenvalue weighted by molar-refractivity contribution is 0.469. The number of aromatic nitrogens is 1. The van der Waals surface area contributed by atoms with Crippen molar-refractivity contribution < 1.29 is 9.50 Å². The van der Waals surface area contributed by atoms with Gasteiger partial charge in [-0.05, 0) is 36.8 Å². The highest BCUT2D eigenvalue weighted by molar-refractivity contribution is 6.31. The summed E-state index contributed by atoms with van der Waals surface area (Å²) in [6.45, 7) is 5.66. The Kier molecular flexibility index (Phi) is 5.58. The van der Waals surface area contributed by atoms with Gasteiger partial charge in [0.1, 0.15) is 5.82 Å². The molecule has 1 heterocycles. The maximum atomic E-state index is 13.6. The fourth-order valence-electron chi connectivity index (χ4n) is 1.46. The maximum Gasteiger partial charge on any atom is 0.171 e. The van der Waals surface area contributed by atoms with Crippen molar-refractivity contribution in [3.63, 3.8) is 0 Å². The molecule has 0 aliphatic carbocycles. The summed E-state index contributed by atoms with van der Waals surface area (Å²) >= 11 is 11.5. The standard InChI is InChI=1S/C12H8Cl2FNO.C2H6/c1-6-4-10(16-12(14)11(6)17)8-5-7(13)2-3-9(8)15;1-2/h2-5,17H,1H3;1-2H3. The van der Waals surface area contributed by atoms with E-state index in [1.54, 1.807) is 13.0 Å². The van der Waals surface area contributed by atoms with E-state index in [2.05, 4.69) is 4.98 Å². The Morgan fingerprint density at radius 1 is 1.16 bits per heavy atom. The molecule has 2 nitrogen and oxygen atoms in total. The van der Waals surface area contributed by atoms with Crippen molar-refractivity contribution in [1.82, 2.24) is 4.98 Å². The predicted octanol–water partition coefficient (Wildman–Crippen LogP) is 5.23. The highest BCUT2D eigenvalue weighted by Gasteiger charge is 2.12. The minimum atomic E-state index is -0.442. The zero-order valence-corrected chi connectivity index (χ0v) is 12.3. The van der Waals surface area contributed by atoms with Crippen molar-refractivity contribution >= 4 is 23.2 Å². The molecule has 0 aliphatic heterocycles. The fourth-order valence-corrected chi connectivity index (χ4v) is 1.87. The van der Waals surface area contributed by atoms with E-state index in [1.165, 1.54) is 18.2 Å². The van der Waals surface area contributed by atoms with Crippen molar-refractivity contribution in [1.29, 1.82) is 0 Å². The van der Waals surface area contributed by atoms with Crippen molar-refractivity contribution in [2.75, 3.05) is 0 Å². The van der Waals surface area contributed by atoms with E-state index in [0.717, 1.165) is 0 Å². The minimum Gasteiger partial charge on any atom is -0.505 e. The number of aryl methyl sites for hydroxylation is 1. The van der Waals surface area contributed by atoms with Gasteiger partial charge in [0.25, 0.3) is 0 Å². The first-order chi connectivity index (χ1) is 8.99. The normalized spacial score (nSPS) is 9.79. The summed E-state index contributed by atoms with van der Waals surface area (Å²) in [5.74, 6) is -0.541. The molecule has 5 heteroatoms. The van der Waals surface area contributed by atoms with E-state index < -0.39 is 5.82 Å². The molecular weight excluding hydrogens is 288 g/mol. The second-order valence-electron chi connectivity index (χ2n) is 3.59. The van der Waals surface area contributed by atoms with Crippen LogP contribution < -0.4 is 0 Å². The van der Waals surface area contributed by atoms with Crippen molar-refractivity contribution in [3.8, 4) is 17.0 Å². The molecule has 0 radical (unpaired) electrons. The number of nitrogens with zero attached hydrogens (tertiary/aromatic N) is 1. The van der Waals surface area contributed by atoms with Crippen LogP contribution in [0.3, 0.4) is 0 Å². The molecule has 0 amide bonds. The molecule has 1 aromatic carbocycles. The Bertz CT molecular complexity index is 565. The summed E-state index contributed by atoms with van der Waals surface area (Å²) in [6.07, 6.45) is 0. The van der Waals surface area contributed by atoms with Crippen molar-refractivity contribution in [2.24, 2.45) is 0 Å². The molecule has 0 saturated carbocycles. The van der Waals surface area contributed by atoms with E-state index in [-0.39, 0.29) is 16.5 Å². The average Bonchev–Trinajstić information content (AvgIpc) is 2.40. The van der Waals surface area contributed by atoms with Crippen LogP contribution >= 0.6 is 23.2 Å². The van der Waals surface area contributed by atoms with Gasteiger partial charge in [-0.1, -0.05) is 37.0 Å². The summed E-state index contributed by atoms with van der Waals surface area (Å²) in [5.41, 5.74) is 1.12. The van der Waals surface area contributed by atoms with Gasteiger partial charge >= 0.3 is 0 Å². The predicted molar refractivity (Wildman–Crippen MR) is 77.4 cm³/mol. The molecule has 0 spiro atoms. The van der Waals surface area contributed by atoms with Gasteiger partial charge in [0, 0.05) is 10.6 Å².